The number of anilines is 1. The highest BCUT2D eigenvalue weighted by Gasteiger charge is 2.06. The molecular weight excluding hydrogens is 195 g/mol. The highest BCUT2D eigenvalue weighted by atomic mass is 19.1. The minimum atomic E-state index is -0.325. The van der Waals surface area contributed by atoms with Crippen molar-refractivity contribution in [1.82, 2.24) is 4.98 Å². The number of pyridine rings is 1. The average Bonchev–Trinajstić information content (AvgIpc) is 2.23. The third-order valence-corrected chi connectivity index (χ3v) is 2.34. The van der Waals surface area contributed by atoms with Gasteiger partial charge in [0.15, 0.2) is 0 Å². The minimum absolute atomic E-state index is 0.0141. The second-order valence-corrected chi connectivity index (χ2v) is 3.33. The zero-order valence-electron chi connectivity index (χ0n) is 8.07. The van der Waals surface area contributed by atoms with Crippen LogP contribution in [0.1, 0.15) is 5.56 Å². The number of hydrogen-bond acceptors (Lipinski definition) is 3. The van der Waals surface area contributed by atoms with Gasteiger partial charge >= 0.3 is 0 Å². The molecule has 0 bridgehead atoms. The normalized spacial score (nSPS) is 10.8. The van der Waals surface area contributed by atoms with Gasteiger partial charge in [0.05, 0.1) is 17.4 Å². The fourth-order valence-electron chi connectivity index (χ4n) is 1.63. The monoisotopic (exact) mass is 206 g/mol. The molecule has 3 N–H and O–H groups in total. The van der Waals surface area contributed by atoms with E-state index in [0.717, 1.165) is 5.56 Å². The molecule has 0 radical (unpaired) electrons. The van der Waals surface area contributed by atoms with Crippen LogP contribution < -0.4 is 5.73 Å². The first-order valence-corrected chi connectivity index (χ1v) is 4.66. The Morgan fingerprint density at radius 3 is 2.93 bits per heavy atom. The van der Waals surface area contributed by atoms with Gasteiger partial charge in [-0.2, -0.15) is 0 Å². The number of aliphatic hydroxyl groups excluding tert-OH is 1. The molecule has 0 saturated heterocycles. The average molecular weight is 206 g/mol. The van der Waals surface area contributed by atoms with Crippen molar-refractivity contribution in [2.75, 3.05) is 12.3 Å². The van der Waals surface area contributed by atoms with Crippen molar-refractivity contribution in [3.05, 3.63) is 35.8 Å². The molecule has 4 heteroatoms. The van der Waals surface area contributed by atoms with Gasteiger partial charge in [0.2, 0.25) is 0 Å². The van der Waals surface area contributed by atoms with Gasteiger partial charge < -0.3 is 10.8 Å². The maximum atomic E-state index is 13.1. The van der Waals surface area contributed by atoms with E-state index in [0.29, 0.717) is 23.0 Å². The Morgan fingerprint density at radius 1 is 1.40 bits per heavy atom. The summed E-state index contributed by atoms with van der Waals surface area (Å²) in [7, 11) is 0. The van der Waals surface area contributed by atoms with E-state index in [2.05, 4.69) is 4.98 Å². The van der Waals surface area contributed by atoms with Crippen molar-refractivity contribution in [2.24, 2.45) is 0 Å². The number of nitrogen functional groups attached to an aromatic ring is 1. The topological polar surface area (TPSA) is 59.1 Å². The maximum absolute atomic E-state index is 13.1. The highest BCUT2D eigenvalue weighted by Crippen LogP contribution is 2.23. The molecule has 0 amide bonds. The van der Waals surface area contributed by atoms with E-state index < -0.39 is 0 Å². The summed E-state index contributed by atoms with van der Waals surface area (Å²) in [5.41, 5.74) is 7.66. The summed E-state index contributed by atoms with van der Waals surface area (Å²) in [4.78, 5) is 4.09. The lowest BCUT2D eigenvalue weighted by atomic mass is 10.0. The lowest BCUT2D eigenvalue weighted by molar-refractivity contribution is 0.300. The molecule has 0 unspecified atom stereocenters. The summed E-state index contributed by atoms with van der Waals surface area (Å²) in [5.74, 6) is -0.325. The quantitative estimate of drug-likeness (QED) is 0.782. The largest absolute Gasteiger partial charge is 0.397 e. The highest BCUT2D eigenvalue weighted by molar-refractivity contribution is 5.86. The lowest BCUT2D eigenvalue weighted by Crippen LogP contribution is -2.00. The van der Waals surface area contributed by atoms with Crippen LogP contribution in [-0.4, -0.2) is 16.7 Å². The van der Waals surface area contributed by atoms with Crippen LogP contribution in [0.2, 0.25) is 0 Å². The van der Waals surface area contributed by atoms with Crippen LogP contribution in [0.15, 0.2) is 24.4 Å². The Morgan fingerprint density at radius 2 is 2.20 bits per heavy atom. The number of nitrogens with two attached hydrogens (primary N) is 1. The number of hydrogen-bond donors (Lipinski definition) is 2. The predicted molar refractivity (Wildman–Crippen MR) is 56.9 cm³/mol. The molecule has 1 heterocycles. The molecule has 0 aliphatic rings. The van der Waals surface area contributed by atoms with Crippen LogP contribution in [0.5, 0.6) is 0 Å². The first-order chi connectivity index (χ1) is 7.22. The van der Waals surface area contributed by atoms with Crippen LogP contribution in [0.4, 0.5) is 10.1 Å². The van der Waals surface area contributed by atoms with Crippen molar-refractivity contribution < 1.29 is 9.50 Å². The second-order valence-electron chi connectivity index (χ2n) is 3.33. The van der Waals surface area contributed by atoms with Crippen molar-refractivity contribution in [3.8, 4) is 0 Å². The van der Waals surface area contributed by atoms with Gasteiger partial charge in [-0.05, 0) is 30.2 Å². The summed E-state index contributed by atoms with van der Waals surface area (Å²) < 4.78 is 13.1. The molecule has 2 aromatic rings. The molecule has 1 aromatic carbocycles. The van der Waals surface area contributed by atoms with Crippen molar-refractivity contribution in [1.29, 1.82) is 0 Å². The molecule has 0 fully saturated rings. The standard InChI is InChI=1S/C11H11FN2O/c12-7-1-2-11-9(5-7)8(3-4-15)10(13)6-14-11/h1-2,5-6,15H,3-4,13H2. The number of aliphatic hydroxyl groups is 1. The molecule has 3 nitrogen and oxygen atoms in total. The number of aromatic nitrogens is 1. The number of halogens is 1. The zero-order valence-corrected chi connectivity index (χ0v) is 8.07. The molecule has 2 rings (SSSR count). The third kappa shape index (κ3) is 1.76. The van der Waals surface area contributed by atoms with Gasteiger partial charge in [0, 0.05) is 12.0 Å². The number of fused-ring (bicyclic) bond motifs is 1. The first-order valence-electron chi connectivity index (χ1n) is 4.66. The van der Waals surface area contributed by atoms with E-state index in [1.54, 1.807) is 6.07 Å². The Labute approximate surface area is 86.4 Å². The Hall–Kier alpha value is -1.68. The Bertz CT molecular complexity index is 494. The van der Waals surface area contributed by atoms with Gasteiger partial charge in [-0.15, -0.1) is 0 Å². The molecule has 0 aliphatic heterocycles. The number of nitrogens with zero attached hydrogens (tertiary/aromatic N) is 1. The van der Waals surface area contributed by atoms with Gasteiger partial charge in [0.25, 0.3) is 0 Å². The SMILES string of the molecule is Nc1cnc2ccc(F)cc2c1CCO. The van der Waals surface area contributed by atoms with E-state index in [4.69, 9.17) is 10.8 Å². The van der Waals surface area contributed by atoms with Gasteiger partial charge in [0.1, 0.15) is 5.82 Å². The number of benzene rings is 1. The van der Waals surface area contributed by atoms with E-state index in [-0.39, 0.29) is 12.4 Å². The summed E-state index contributed by atoms with van der Waals surface area (Å²) in [6, 6.07) is 4.35. The predicted octanol–water partition coefficient (Wildman–Crippen LogP) is 1.49. The van der Waals surface area contributed by atoms with Crippen molar-refractivity contribution >= 4 is 16.6 Å². The zero-order chi connectivity index (χ0) is 10.8. The second kappa shape index (κ2) is 3.82. The molecule has 0 aliphatic carbocycles. The van der Waals surface area contributed by atoms with Crippen LogP contribution in [0, 0.1) is 5.82 Å². The summed E-state index contributed by atoms with van der Waals surface area (Å²) in [6.07, 6.45) is 1.94. The molecule has 78 valence electrons. The fraction of sp³-hybridized carbons (Fsp3) is 0.182. The van der Waals surface area contributed by atoms with Crippen LogP contribution >= 0.6 is 0 Å². The molecule has 0 saturated carbocycles. The maximum Gasteiger partial charge on any atom is 0.123 e. The van der Waals surface area contributed by atoms with E-state index in [1.807, 2.05) is 0 Å². The first kappa shape index (κ1) is 9.86. The minimum Gasteiger partial charge on any atom is -0.397 e. The number of rotatable bonds is 2. The Kier molecular flexibility index (Phi) is 2.51. The lowest BCUT2D eigenvalue weighted by Gasteiger charge is -2.07. The molecular formula is C11H11FN2O. The third-order valence-electron chi connectivity index (χ3n) is 2.34. The molecule has 0 atom stereocenters. The fourth-order valence-corrected chi connectivity index (χ4v) is 1.63. The summed E-state index contributed by atoms with van der Waals surface area (Å²) in [6.45, 7) is -0.0141. The van der Waals surface area contributed by atoms with E-state index in [9.17, 15) is 4.39 Å². The van der Waals surface area contributed by atoms with Crippen LogP contribution in [0.25, 0.3) is 10.9 Å². The van der Waals surface area contributed by atoms with Gasteiger partial charge in [-0.1, -0.05) is 0 Å². The Balaban J connectivity index is 2.72. The summed E-state index contributed by atoms with van der Waals surface area (Å²) >= 11 is 0. The molecule has 15 heavy (non-hydrogen) atoms. The van der Waals surface area contributed by atoms with E-state index >= 15 is 0 Å². The van der Waals surface area contributed by atoms with Crippen molar-refractivity contribution in [2.45, 2.75) is 6.42 Å². The molecule has 1 aromatic heterocycles. The molecule has 0 spiro atoms. The summed E-state index contributed by atoms with van der Waals surface area (Å²) in [5, 5.41) is 9.57. The van der Waals surface area contributed by atoms with Crippen LogP contribution in [-0.2, 0) is 6.42 Å². The smallest absolute Gasteiger partial charge is 0.123 e. The van der Waals surface area contributed by atoms with Crippen LogP contribution in [0.3, 0.4) is 0 Å². The van der Waals surface area contributed by atoms with Gasteiger partial charge in [-0.3, -0.25) is 4.98 Å². The van der Waals surface area contributed by atoms with E-state index in [1.165, 1.54) is 18.3 Å². The van der Waals surface area contributed by atoms with Gasteiger partial charge in [-0.25, -0.2) is 4.39 Å². The van der Waals surface area contributed by atoms with Crippen molar-refractivity contribution in [3.63, 3.8) is 0 Å².